The number of ether oxygens (including phenoxy) is 2. The Morgan fingerprint density at radius 3 is 1.84 bits per heavy atom. The number of unbranched alkanes of at least 4 members (excludes halogenated alkanes) is 13. The zero-order valence-corrected chi connectivity index (χ0v) is 26.4. The molecule has 0 aliphatic rings. The molecule has 0 heterocycles. The third kappa shape index (κ3) is 23.5. The van der Waals surface area contributed by atoms with E-state index in [1.807, 2.05) is 0 Å². The summed E-state index contributed by atoms with van der Waals surface area (Å²) >= 11 is 2.08. The maximum absolute atomic E-state index is 12.0. The number of thioether (sulfide) groups is 1. The molecule has 8 heteroatoms. The quantitative estimate of drug-likeness (QED) is 0.0782. The molecule has 0 aromatic heterocycles. The molecule has 0 aliphatic heterocycles. The number of carbonyl (C=O) groups is 1. The van der Waals surface area contributed by atoms with E-state index in [4.69, 9.17) is 14.0 Å². The lowest BCUT2D eigenvalue weighted by atomic mass is 10.1. The van der Waals surface area contributed by atoms with Crippen LogP contribution in [0.25, 0.3) is 0 Å². The predicted octanol–water partition coefficient (Wildman–Crippen LogP) is 9.91. The van der Waals surface area contributed by atoms with Crippen molar-refractivity contribution in [1.29, 1.82) is 0 Å². The van der Waals surface area contributed by atoms with Crippen LogP contribution in [0.3, 0.4) is 0 Å². The van der Waals surface area contributed by atoms with Crippen LogP contribution in [0.4, 0.5) is 4.79 Å². The highest BCUT2D eigenvalue weighted by Gasteiger charge is 2.34. The van der Waals surface area contributed by atoms with E-state index in [0.717, 1.165) is 6.42 Å². The van der Waals surface area contributed by atoms with Crippen molar-refractivity contribution in [3.63, 3.8) is 0 Å². The van der Waals surface area contributed by atoms with Crippen molar-refractivity contribution < 1.29 is 28.3 Å². The summed E-state index contributed by atoms with van der Waals surface area (Å²) in [7, 11) is -4.45. The molecule has 0 aromatic carbocycles. The molecule has 0 radical (unpaired) electrons. The summed E-state index contributed by atoms with van der Waals surface area (Å²) < 4.78 is 27.6. The third-order valence-corrected chi connectivity index (χ3v) is 8.91. The van der Waals surface area contributed by atoms with Gasteiger partial charge in [-0.05, 0) is 45.8 Å². The molecule has 1 N–H and O–H groups in total. The van der Waals surface area contributed by atoms with Crippen LogP contribution in [0.5, 0.6) is 0 Å². The van der Waals surface area contributed by atoms with Gasteiger partial charge in [0.05, 0.1) is 18.8 Å². The van der Waals surface area contributed by atoms with E-state index in [1.165, 1.54) is 108 Å². The lowest BCUT2D eigenvalue weighted by molar-refractivity contribution is 0.0270. The maximum Gasteiger partial charge on any atom is 0.435 e. The zero-order chi connectivity index (χ0) is 27.8. The van der Waals surface area contributed by atoms with E-state index in [2.05, 4.69) is 25.6 Å². The number of hydrogen-bond acceptors (Lipinski definition) is 6. The SMILES string of the molecule is CCCCCCCCCCCCSC(CCCCCCC)CCOC(C)COP(=O)(O)C(=O)OC(C)C. The predicted molar refractivity (Wildman–Crippen MR) is 159 cm³/mol. The Bertz CT molecular complexity index is 575. The second kappa shape index (κ2) is 24.9. The molecule has 3 atom stereocenters. The Morgan fingerprint density at radius 2 is 1.30 bits per heavy atom. The van der Waals surface area contributed by atoms with Gasteiger partial charge in [0.25, 0.3) is 0 Å². The summed E-state index contributed by atoms with van der Waals surface area (Å²) in [4.78, 5) is 21.5. The van der Waals surface area contributed by atoms with Crippen LogP contribution in [0, 0.1) is 0 Å². The summed E-state index contributed by atoms with van der Waals surface area (Å²) in [5, 5.41) is 0.582. The first-order chi connectivity index (χ1) is 17.7. The highest BCUT2D eigenvalue weighted by molar-refractivity contribution is 7.99. The van der Waals surface area contributed by atoms with Gasteiger partial charge in [0.1, 0.15) is 0 Å². The Kier molecular flexibility index (Phi) is 24.9. The minimum atomic E-state index is -4.45. The highest BCUT2D eigenvalue weighted by atomic mass is 32.2. The summed E-state index contributed by atoms with van der Waals surface area (Å²) in [6, 6.07) is 0. The van der Waals surface area contributed by atoms with Crippen molar-refractivity contribution in [2.75, 3.05) is 19.0 Å². The van der Waals surface area contributed by atoms with E-state index in [1.54, 1.807) is 20.8 Å². The molecule has 0 rings (SSSR count). The molecule has 0 fully saturated rings. The van der Waals surface area contributed by atoms with E-state index < -0.39 is 19.4 Å². The first kappa shape index (κ1) is 36.9. The smallest absolute Gasteiger partial charge is 0.435 e. The van der Waals surface area contributed by atoms with Crippen LogP contribution >= 0.6 is 19.4 Å². The molecule has 3 unspecified atom stereocenters. The Balaban J connectivity index is 4.20. The topological polar surface area (TPSA) is 82.1 Å². The molecule has 222 valence electrons. The number of rotatable bonds is 27. The van der Waals surface area contributed by atoms with Crippen molar-refractivity contribution in [2.45, 2.75) is 161 Å². The minimum absolute atomic E-state index is 0.117. The second-order valence-electron chi connectivity index (χ2n) is 10.6. The average Bonchev–Trinajstić information content (AvgIpc) is 2.85. The van der Waals surface area contributed by atoms with E-state index in [-0.39, 0.29) is 12.7 Å². The summed E-state index contributed by atoms with van der Waals surface area (Å²) in [5.41, 5.74) is -1.21. The van der Waals surface area contributed by atoms with Gasteiger partial charge in [-0.1, -0.05) is 104 Å². The lowest BCUT2D eigenvalue weighted by Gasteiger charge is -2.20. The van der Waals surface area contributed by atoms with E-state index in [9.17, 15) is 14.3 Å². The molecule has 0 bridgehead atoms. The van der Waals surface area contributed by atoms with Crippen molar-refractivity contribution >= 4 is 25.1 Å². The van der Waals surface area contributed by atoms with Gasteiger partial charge in [0.2, 0.25) is 0 Å². The molecule has 0 aliphatic carbocycles. The normalized spacial score (nSPS) is 15.0. The Labute approximate surface area is 233 Å². The van der Waals surface area contributed by atoms with Gasteiger partial charge in [-0.15, -0.1) is 0 Å². The average molecular weight is 567 g/mol. The molecule has 0 aromatic rings. The molecular weight excluding hydrogens is 507 g/mol. The van der Waals surface area contributed by atoms with Gasteiger partial charge in [-0.25, -0.2) is 9.36 Å². The van der Waals surface area contributed by atoms with Crippen molar-refractivity contribution in [3.05, 3.63) is 0 Å². The van der Waals surface area contributed by atoms with Crippen LogP contribution < -0.4 is 0 Å². The standard InChI is InChI=1S/C29H59O6PS/c1-6-8-10-12-13-14-15-16-18-20-24-37-28(21-19-17-11-9-7-2)22-23-33-27(5)25-34-36(31,32)29(30)35-26(3)4/h26-28H,6-25H2,1-5H3,(H,31,32). The maximum atomic E-state index is 12.0. The second-order valence-corrected chi connectivity index (χ2v) is 13.7. The first-order valence-electron chi connectivity index (χ1n) is 15.1. The van der Waals surface area contributed by atoms with Crippen molar-refractivity contribution in [2.24, 2.45) is 0 Å². The van der Waals surface area contributed by atoms with Gasteiger partial charge in [0.15, 0.2) is 0 Å². The van der Waals surface area contributed by atoms with E-state index in [0.29, 0.717) is 11.9 Å². The Hall–Kier alpha value is -0.0700. The highest BCUT2D eigenvalue weighted by Crippen LogP contribution is 2.44. The number of hydrogen-bond donors (Lipinski definition) is 1. The van der Waals surface area contributed by atoms with Gasteiger partial charge < -0.3 is 14.4 Å². The third-order valence-electron chi connectivity index (χ3n) is 6.37. The van der Waals surface area contributed by atoms with Crippen LogP contribution in [0.2, 0.25) is 0 Å². The van der Waals surface area contributed by atoms with Crippen LogP contribution in [0.15, 0.2) is 0 Å². The fourth-order valence-corrected chi connectivity index (χ4v) is 6.26. The monoisotopic (exact) mass is 566 g/mol. The molecule has 0 spiro atoms. The van der Waals surface area contributed by atoms with Crippen LogP contribution in [0.1, 0.15) is 144 Å². The molecule has 0 amide bonds. The fraction of sp³-hybridized carbons (Fsp3) is 0.966. The van der Waals surface area contributed by atoms with Gasteiger partial charge >= 0.3 is 13.3 Å². The van der Waals surface area contributed by atoms with Gasteiger partial charge in [-0.2, -0.15) is 11.8 Å². The van der Waals surface area contributed by atoms with Crippen molar-refractivity contribution in [1.82, 2.24) is 0 Å². The number of carbonyl (C=O) groups excluding carboxylic acids is 1. The van der Waals surface area contributed by atoms with Crippen LogP contribution in [-0.2, 0) is 18.6 Å². The summed E-state index contributed by atoms with van der Waals surface area (Å²) in [6.45, 7) is 10.0. The van der Waals surface area contributed by atoms with E-state index >= 15 is 0 Å². The van der Waals surface area contributed by atoms with Gasteiger partial charge in [-0.3, -0.25) is 4.52 Å². The van der Waals surface area contributed by atoms with Gasteiger partial charge in [0, 0.05) is 11.9 Å². The molecular formula is C29H59O6PS. The molecule has 37 heavy (non-hydrogen) atoms. The largest absolute Gasteiger partial charge is 0.454 e. The van der Waals surface area contributed by atoms with Crippen molar-refractivity contribution in [3.8, 4) is 0 Å². The fourth-order valence-electron chi connectivity index (χ4n) is 4.10. The molecule has 0 saturated carbocycles. The lowest BCUT2D eigenvalue weighted by Crippen LogP contribution is -2.20. The summed E-state index contributed by atoms with van der Waals surface area (Å²) in [6.07, 6.45) is 21.4. The molecule has 6 nitrogen and oxygen atoms in total. The minimum Gasteiger partial charge on any atom is -0.454 e. The molecule has 0 saturated heterocycles. The summed E-state index contributed by atoms with van der Waals surface area (Å²) in [5.74, 6) is 1.21. The zero-order valence-electron chi connectivity index (χ0n) is 24.7. The first-order valence-corrected chi connectivity index (χ1v) is 17.8. The Morgan fingerprint density at radius 1 is 0.784 bits per heavy atom. The van der Waals surface area contributed by atoms with Crippen LogP contribution in [-0.4, -0.2) is 47.0 Å².